The number of hydrogen-bond donors (Lipinski definition) is 1. The second kappa shape index (κ2) is 5.14. The van der Waals surface area contributed by atoms with Crippen LogP contribution in [-0.4, -0.2) is 7.05 Å². The van der Waals surface area contributed by atoms with Gasteiger partial charge in [-0.1, -0.05) is 6.07 Å². The zero-order valence-corrected chi connectivity index (χ0v) is 8.29. The van der Waals surface area contributed by atoms with Gasteiger partial charge >= 0.3 is 0 Å². The number of rotatable bonds is 2. The summed E-state index contributed by atoms with van der Waals surface area (Å²) in [6.07, 6.45) is 0. The SMILES string of the molecule is CN[C@@H](C)c1ccc(F)cc1F.Cl. The highest BCUT2D eigenvalue weighted by atomic mass is 35.5. The van der Waals surface area contributed by atoms with Crippen molar-refractivity contribution < 1.29 is 8.78 Å². The first-order chi connectivity index (χ1) is 5.65. The van der Waals surface area contributed by atoms with Crippen LogP contribution in [0, 0.1) is 11.6 Å². The molecule has 0 radical (unpaired) electrons. The van der Waals surface area contributed by atoms with Gasteiger partial charge in [0.2, 0.25) is 0 Å². The van der Waals surface area contributed by atoms with E-state index >= 15 is 0 Å². The van der Waals surface area contributed by atoms with Crippen LogP contribution in [0.2, 0.25) is 0 Å². The van der Waals surface area contributed by atoms with Gasteiger partial charge in [0.15, 0.2) is 0 Å². The summed E-state index contributed by atoms with van der Waals surface area (Å²) < 4.78 is 25.5. The average Bonchev–Trinajstić information content (AvgIpc) is 2.03. The molecule has 0 aliphatic rings. The van der Waals surface area contributed by atoms with Crippen molar-refractivity contribution in [1.82, 2.24) is 5.32 Å². The zero-order valence-electron chi connectivity index (χ0n) is 7.47. The molecule has 1 rings (SSSR count). The van der Waals surface area contributed by atoms with Crippen molar-refractivity contribution >= 4 is 12.4 Å². The average molecular weight is 208 g/mol. The standard InChI is InChI=1S/C9H11F2N.ClH/c1-6(12-2)8-4-3-7(10)5-9(8)11;/h3-6,12H,1-2H3;1H/t6-;/m0./s1. The smallest absolute Gasteiger partial charge is 0.130 e. The van der Waals surface area contributed by atoms with Crippen LogP contribution in [0.4, 0.5) is 8.78 Å². The van der Waals surface area contributed by atoms with Crippen LogP contribution in [0.1, 0.15) is 18.5 Å². The molecule has 0 unspecified atom stereocenters. The second-order valence-corrected chi connectivity index (χ2v) is 2.68. The van der Waals surface area contributed by atoms with Crippen LogP contribution in [-0.2, 0) is 0 Å². The van der Waals surface area contributed by atoms with Gasteiger partial charge in [0.05, 0.1) is 0 Å². The second-order valence-electron chi connectivity index (χ2n) is 2.68. The summed E-state index contributed by atoms with van der Waals surface area (Å²) in [5.74, 6) is -1.04. The van der Waals surface area contributed by atoms with Gasteiger partial charge < -0.3 is 5.32 Å². The van der Waals surface area contributed by atoms with E-state index in [1.807, 2.05) is 6.92 Å². The van der Waals surface area contributed by atoms with E-state index in [2.05, 4.69) is 5.32 Å². The molecule has 74 valence electrons. The summed E-state index contributed by atoms with van der Waals surface area (Å²) >= 11 is 0. The minimum Gasteiger partial charge on any atom is -0.313 e. The van der Waals surface area contributed by atoms with Crippen LogP contribution in [0.25, 0.3) is 0 Å². The fourth-order valence-electron chi connectivity index (χ4n) is 1.01. The molecular weight excluding hydrogens is 196 g/mol. The van der Waals surface area contributed by atoms with Crippen molar-refractivity contribution in [2.45, 2.75) is 13.0 Å². The van der Waals surface area contributed by atoms with E-state index < -0.39 is 11.6 Å². The maximum Gasteiger partial charge on any atom is 0.130 e. The molecule has 0 amide bonds. The molecule has 0 saturated heterocycles. The van der Waals surface area contributed by atoms with E-state index in [-0.39, 0.29) is 18.4 Å². The van der Waals surface area contributed by atoms with Crippen molar-refractivity contribution in [1.29, 1.82) is 0 Å². The van der Waals surface area contributed by atoms with Gasteiger partial charge in [-0.25, -0.2) is 8.78 Å². The summed E-state index contributed by atoms with van der Waals surface area (Å²) in [4.78, 5) is 0. The first-order valence-electron chi connectivity index (χ1n) is 3.77. The molecule has 0 aliphatic heterocycles. The molecule has 0 aromatic heterocycles. The highest BCUT2D eigenvalue weighted by Crippen LogP contribution is 2.16. The quantitative estimate of drug-likeness (QED) is 0.786. The third-order valence-corrected chi connectivity index (χ3v) is 1.86. The van der Waals surface area contributed by atoms with E-state index in [9.17, 15) is 8.78 Å². The topological polar surface area (TPSA) is 12.0 Å². The van der Waals surface area contributed by atoms with Gasteiger partial charge in [-0.3, -0.25) is 0 Å². The monoisotopic (exact) mass is 207 g/mol. The Morgan fingerprint density at radius 2 is 1.92 bits per heavy atom. The van der Waals surface area contributed by atoms with E-state index in [4.69, 9.17) is 0 Å². The van der Waals surface area contributed by atoms with Crippen LogP contribution in [0.15, 0.2) is 18.2 Å². The molecule has 0 bridgehead atoms. The fourth-order valence-corrected chi connectivity index (χ4v) is 1.01. The van der Waals surface area contributed by atoms with Crippen molar-refractivity contribution in [3.05, 3.63) is 35.4 Å². The minimum atomic E-state index is -0.542. The first-order valence-corrected chi connectivity index (χ1v) is 3.77. The van der Waals surface area contributed by atoms with Gasteiger partial charge in [0.25, 0.3) is 0 Å². The Kier molecular flexibility index (Phi) is 4.88. The zero-order chi connectivity index (χ0) is 9.14. The molecule has 0 fully saturated rings. The van der Waals surface area contributed by atoms with Crippen molar-refractivity contribution in [2.24, 2.45) is 0 Å². The lowest BCUT2D eigenvalue weighted by molar-refractivity contribution is 0.542. The van der Waals surface area contributed by atoms with Gasteiger partial charge in [-0.15, -0.1) is 12.4 Å². The largest absolute Gasteiger partial charge is 0.313 e. The number of benzene rings is 1. The Labute approximate surface area is 82.6 Å². The Bertz CT molecular complexity index is 278. The lowest BCUT2D eigenvalue weighted by Crippen LogP contribution is -2.13. The minimum absolute atomic E-state index is 0. The van der Waals surface area contributed by atoms with Gasteiger partial charge in [0.1, 0.15) is 11.6 Å². The summed E-state index contributed by atoms with van der Waals surface area (Å²) in [5.41, 5.74) is 0.485. The van der Waals surface area contributed by atoms with Crippen LogP contribution in [0.3, 0.4) is 0 Å². The van der Waals surface area contributed by atoms with Crippen molar-refractivity contribution in [3.8, 4) is 0 Å². The van der Waals surface area contributed by atoms with E-state index in [1.165, 1.54) is 12.1 Å². The van der Waals surface area contributed by atoms with Crippen LogP contribution >= 0.6 is 12.4 Å². The Morgan fingerprint density at radius 1 is 1.31 bits per heavy atom. The van der Waals surface area contributed by atoms with Crippen LogP contribution in [0.5, 0.6) is 0 Å². The van der Waals surface area contributed by atoms with Gasteiger partial charge in [-0.2, -0.15) is 0 Å². The van der Waals surface area contributed by atoms with Gasteiger partial charge in [0, 0.05) is 17.7 Å². The Hall–Kier alpha value is -0.670. The summed E-state index contributed by atoms with van der Waals surface area (Å²) in [6, 6.07) is 3.51. The normalized spacial score (nSPS) is 12.0. The van der Waals surface area contributed by atoms with E-state index in [1.54, 1.807) is 7.05 Å². The van der Waals surface area contributed by atoms with E-state index in [0.29, 0.717) is 5.56 Å². The molecule has 0 aliphatic carbocycles. The molecule has 1 nitrogen and oxygen atoms in total. The number of halogens is 3. The molecule has 4 heteroatoms. The Balaban J connectivity index is 0.00000144. The molecule has 13 heavy (non-hydrogen) atoms. The third kappa shape index (κ3) is 2.94. The predicted molar refractivity (Wildman–Crippen MR) is 51.1 cm³/mol. The summed E-state index contributed by atoms with van der Waals surface area (Å²) in [7, 11) is 1.73. The Morgan fingerprint density at radius 3 is 2.38 bits per heavy atom. The first kappa shape index (κ1) is 12.3. The van der Waals surface area contributed by atoms with Gasteiger partial charge in [-0.05, 0) is 20.0 Å². The molecule has 1 aromatic carbocycles. The van der Waals surface area contributed by atoms with Crippen molar-refractivity contribution in [3.63, 3.8) is 0 Å². The molecule has 1 N–H and O–H groups in total. The fraction of sp³-hybridized carbons (Fsp3) is 0.333. The molecule has 0 saturated carbocycles. The predicted octanol–water partition coefficient (Wildman–Crippen LogP) is 2.67. The lowest BCUT2D eigenvalue weighted by atomic mass is 10.1. The molecule has 0 spiro atoms. The molecule has 1 atom stereocenters. The van der Waals surface area contributed by atoms with Crippen molar-refractivity contribution in [2.75, 3.05) is 7.05 Å². The molecular formula is C9H12ClF2N. The molecule has 0 heterocycles. The molecule has 1 aromatic rings. The highest BCUT2D eigenvalue weighted by molar-refractivity contribution is 5.85. The number of nitrogens with one attached hydrogen (secondary N) is 1. The maximum atomic E-state index is 13.0. The third-order valence-electron chi connectivity index (χ3n) is 1.86. The summed E-state index contributed by atoms with van der Waals surface area (Å²) in [5, 5.41) is 2.88. The lowest BCUT2D eigenvalue weighted by Gasteiger charge is -2.10. The number of hydrogen-bond acceptors (Lipinski definition) is 1. The summed E-state index contributed by atoms with van der Waals surface area (Å²) in [6.45, 7) is 1.82. The maximum absolute atomic E-state index is 13.0. The van der Waals surface area contributed by atoms with E-state index in [0.717, 1.165) is 6.07 Å². The highest BCUT2D eigenvalue weighted by Gasteiger charge is 2.08. The van der Waals surface area contributed by atoms with Crippen LogP contribution < -0.4 is 5.32 Å².